The summed E-state index contributed by atoms with van der Waals surface area (Å²) < 4.78 is 14.3. The van der Waals surface area contributed by atoms with Crippen molar-refractivity contribution in [3.63, 3.8) is 0 Å². The number of hydrogen-bond donors (Lipinski definition) is 2. The Hall–Kier alpha value is -3.72. The van der Waals surface area contributed by atoms with Gasteiger partial charge in [-0.3, -0.25) is 19.6 Å². The summed E-state index contributed by atoms with van der Waals surface area (Å²) in [5, 5.41) is 10.8. The van der Waals surface area contributed by atoms with Crippen molar-refractivity contribution in [1.29, 1.82) is 0 Å². The van der Waals surface area contributed by atoms with E-state index in [0.717, 1.165) is 18.8 Å². The number of halogens is 1. The summed E-state index contributed by atoms with van der Waals surface area (Å²) in [6.45, 7) is 5.61. The van der Waals surface area contributed by atoms with E-state index in [1.165, 1.54) is 28.7 Å². The zero-order valence-corrected chi connectivity index (χ0v) is 20.6. The van der Waals surface area contributed by atoms with Gasteiger partial charge in [-0.2, -0.15) is 5.10 Å². The Morgan fingerprint density at radius 2 is 1.86 bits per heavy atom. The smallest absolute Gasteiger partial charge is 0.262 e. The van der Waals surface area contributed by atoms with Crippen molar-refractivity contribution < 1.29 is 14.0 Å². The summed E-state index contributed by atoms with van der Waals surface area (Å²) in [6, 6.07) is 15.7. The van der Waals surface area contributed by atoms with E-state index in [4.69, 9.17) is 0 Å². The zero-order chi connectivity index (χ0) is 24.7. The molecule has 0 saturated carbocycles. The molecule has 5 rings (SSSR count). The number of H-pyrrole nitrogens is 1. The van der Waals surface area contributed by atoms with Gasteiger partial charge in [0.2, 0.25) is 0 Å². The first-order valence-corrected chi connectivity index (χ1v) is 12.2. The second-order valence-corrected chi connectivity index (χ2v) is 10.2. The largest absolute Gasteiger partial charge is 0.371 e. The van der Waals surface area contributed by atoms with Crippen LogP contribution in [-0.4, -0.2) is 42.1 Å². The van der Waals surface area contributed by atoms with Gasteiger partial charge in [-0.05, 0) is 56.7 Å². The van der Waals surface area contributed by atoms with Crippen LogP contribution < -0.4 is 15.1 Å². The molecule has 4 aromatic rings. The van der Waals surface area contributed by atoms with Crippen LogP contribution in [0.2, 0.25) is 0 Å². The van der Waals surface area contributed by atoms with E-state index in [1.807, 2.05) is 24.3 Å². The molecule has 9 heteroatoms. The molecule has 2 amide bonds. The van der Waals surface area contributed by atoms with Crippen LogP contribution in [0, 0.1) is 5.82 Å². The van der Waals surface area contributed by atoms with Crippen LogP contribution in [0.25, 0.3) is 10.2 Å². The summed E-state index contributed by atoms with van der Waals surface area (Å²) in [5.74, 6) is -0.369. The minimum Gasteiger partial charge on any atom is -0.371 e. The number of amides is 2. The van der Waals surface area contributed by atoms with E-state index in [-0.39, 0.29) is 17.6 Å². The van der Waals surface area contributed by atoms with Crippen LogP contribution in [0.5, 0.6) is 0 Å². The monoisotopic (exact) mass is 491 g/mol. The number of nitrogens with one attached hydrogen (secondary N) is 2. The summed E-state index contributed by atoms with van der Waals surface area (Å²) in [4.78, 5) is 31.0. The molecular formula is C26H26FN5O2S. The Kier molecular flexibility index (Phi) is 5.80. The number of benzene rings is 2. The number of hydrogen-bond acceptors (Lipinski definition) is 5. The van der Waals surface area contributed by atoms with Crippen molar-refractivity contribution >= 4 is 44.9 Å². The molecule has 3 heterocycles. The summed E-state index contributed by atoms with van der Waals surface area (Å²) in [6.07, 6.45) is 1.19. The number of aromatic nitrogens is 2. The lowest BCUT2D eigenvalue weighted by atomic mass is 9.93. The van der Waals surface area contributed by atoms with E-state index in [2.05, 4.69) is 20.4 Å². The second-order valence-electron chi connectivity index (χ2n) is 9.21. The molecule has 180 valence electrons. The quantitative estimate of drug-likeness (QED) is 0.401. The van der Waals surface area contributed by atoms with Crippen molar-refractivity contribution in [1.82, 2.24) is 15.5 Å². The van der Waals surface area contributed by atoms with Gasteiger partial charge in [-0.15, -0.1) is 11.3 Å². The maximum Gasteiger partial charge on any atom is 0.262 e. The molecule has 2 N–H and O–H groups in total. The zero-order valence-electron chi connectivity index (χ0n) is 19.8. The number of rotatable bonds is 6. The van der Waals surface area contributed by atoms with E-state index in [0.29, 0.717) is 32.0 Å². The highest BCUT2D eigenvalue weighted by atomic mass is 32.1. The number of carbonyl (C=O) groups is 2. The number of carbonyl (C=O) groups excluding carboxylic acids is 2. The molecule has 0 atom stereocenters. The minimum atomic E-state index is -0.909. The van der Waals surface area contributed by atoms with Crippen molar-refractivity contribution in [2.24, 2.45) is 0 Å². The Bertz CT molecular complexity index is 1400. The average Bonchev–Trinajstić information content (AvgIpc) is 3.38. The number of nitrogens with zero attached hydrogens (tertiary/aromatic N) is 3. The molecule has 0 spiro atoms. The highest BCUT2D eigenvalue weighted by Crippen LogP contribution is 2.33. The molecule has 2 aromatic heterocycles. The molecule has 1 saturated heterocycles. The molecular weight excluding hydrogens is 465 g/mol. The normalized spacial score (nSPS) is 13.5. The molecule has 2 aromatic carbocycles. The lowest BCUT2D eigenvalue weighted by Gasteiger charge is -2.33. The molecule has 1 aliphatic rings. The van der Waals surface area contributed by atoms with Crippen molar-refractivity contribution in [2.45, 2.75) is 25.8 Å². The third-order valence-electron chi connectivity index (χ3n) is 6.40. The minimum absolute atomic E-state index is 0.177. The number of fused-ring (bicyclic) bond motifs is 1. The van der Waals surface area contributed by atoms with Crippen LogP contribution in [-0.2, 0) is 5.54 Å². The Balaban J connectivity index is 1.35. The first kappa shape index (κ1) is 23.0. The van der Waals surface area contributed by atoms with E-state index in [1.54, 1.807) is 45.2 Å². The van der Waals surface area contributed by atoms with E-state index >= 15 is 0 Å². The third kappa shape index (κ3) is 4.27. The lowest BCUT2D eigenvalue weighted by molar-refractivity contribution is 0.0914. The first-order valence-electron chi connectivity index (χ1n) is 11.4. The first-order chi connectivity index (χ1) is 16.7. The van der Waals surface area contributed by atoms with Crippen molar-refractivity contribution in [3.8, 4) is 0 Å². The van der Waals surface area contributed by atoms with Crippen LogP contribution in [0.4, 0.5) is 15.9 Å². The van der Waals surface area contributed by atoms with Gasteiger partial charge in [0, 0.05) is 37.0 Å². The van der Waals surface area contributed by atoms with Crippen LogP contribution in [0.1, 0.15) is 45.9 Å². The highest BCUT2D eigenvalue weighted by Gasteiger charge is 2.28. The van der Waals surface area contributed by atoms with Crippen LogP contribution in [0.3, 0.4) is 0 Å². The Morgan fingerprint density at radius 1 is 1.14 bits per heavy atom. The molecule has 1 aliphatic heterocycles. The Labute approximate surface area is 206 Å². The van der Waals surface area contributed by atoms with Gasteiger partial charge in [-0.25, -0.2) is 4.39 Å². The van der Waals surface area contributed by atoms with Crippen LogP contribution >= 0.6 is 11.3 Å². The molecule has 35 heavy (non-hydrogen) atoms. The molecule has 0 unspecified atom stereocenters. The van der Waals surface area contributed by atoms with Gasteiger partial charge in [0.15, 0.2) is 0 Å². The van der Waals surface area contributed by atoms with Gasteiger partial charge >= 0.3 is 0 Å². The SMILES string of the molecule is CN(C(=O)c1ccc(N2CCC2)cc1)c1[nH]nc2sc(C(=O)NC(C)(C)c3ccccc3F)cc12. The van der Waals surface area contributed by atoms with Gasteiger partial charge in [0.25, 0.3) is 11.8 Å². The molecule has 0 bridgehead atoms. The van der Waals surface area contributed by atoms with E-state index in [9.17, 15) is 14.0 Å². The fraction of sp³-hybridized carbons (Fsp3) is 0.269. The Morgan fingerprint density at radius 3 is 2.51 bits per heavy atom. The molecule has 0 aliphatic carbocycles. The number of anilines is 2. The highest BCUT2D eigenvalue weighted by molar-refractivity contribution is 7.20. The summed E-state index contributed by atoms with van der Waals surface area (Å²) in [5.41, 5.74) is 1.18. The fourth-order valence-electron chi connectivity index (χ4n) is 4.23. The number of aromatic amines is 1. The maximum atomic E-state index is 14.3. The van der Waals surface area contributed by atoms with Crippen molar-refractivity contribution in [3.05, 3.63) is 76.4 Å². The third-order valence-corrected chi connectivity index (χ3v) is 7.43. The summed E-state index contributed by atoms with van der Waals surface area (Å²) in [7, 11) is 1.68. The summed E-state index contributed by atoms with van der Waals surface area (Å²) >= 11 is 1.21. The van der Waals surface area contributed by atoms with Gasteiger partial charge < -0.3 is 10.2 Å². The molecule has 7 nitrogen and oxygen atoms in total. The standard InChI is InChI=1S/C26H26FN5O2S/c1-26(2,19-7-4-5-8-20(19)27)28-23(33)21-15-18-22(29-30-24(18)35-21)31(3)25(34)16-9-11-17(12-10-16)32-13-6-14-32/h4-5,7-12,15H,6,13-14H2,1-3H3,(H,28,33)(H,29,30). The fourth-order valence-corrected chi connectivity index (χ4v) is 5.12. The topological polar surface area (TPSA) is 81.3 Å². The predicted octanol–water partition coefficient (Wildman–Crippen LogP) is 4.92. The van der Waals surface area contributed by atoms with Crippen molar-refractivity contribution in [2.75, 3.05) is 29.9 Å². The number of thiophene rings is 1. The van der Waals surface area contributed by atoms with Crippen LogP contribution in [0.15, 0.2) is 54.6 Å². The maximum absolute atomic E-state index is 14.3. The molecule has 0 radical (unpaired) electrons. The average molecular weight is 492 g/mol. The lowest BCUT2D eigenvalue weighted by Crippen LogP contribution is -2.41. The predicted molar refractivity (Wildman–Crippen MR) is 137 cm³/mol. The van der Waals surface area contributed by atoms with E-state index < -0.39 is 5.54 Å². The molecule has 1 fully saturated rings. The van der Waals surface area contributed by atoms with Gasteiger partial charge in [-0.1, -0.05) is 18.2 Å². The van der Waals surface area contributed by atoms with Gasteiger partial charge in [0.05, 0.1) is 15.8 Å². The second kappa shape index (κ2) is 8.81. The van der Waals surface area contributed by atoms with Gasteiger partial charge in [0.1, 0.15) is 16.5 Å².